The molecule has 0 atom stereocenters. The van der Waals surface area contributed by atoms with Crippen molar-refractivity contribution in [2.24, 2.45) is 5.92 Å². The van der Waals surface area contributed by atoms with Gasteiger partial charge in [0.05, 0.1) is 13.2 Å². The summed E-state index contributed by atoms with van der Waals surface area (Å²) in [6.07, 6.45) is 1.08. The van der Waals surface area contributed by atoms with Gasteiger partial charge < -0.3 is 19.5 Å². The van der Waals surface area contributed by atoms with Gasteiger partial charge in [0.2, 0.25) is 0 Å². The molecular formula is C22H31NO3. The number of ether oxygens (including phenoxy) is 3. The Morgan fingerprint density at radius 1 is 0.885 bits per heavy atom. The predicted molar refractivity (Wildman–Crippen MR) is 107 cm³/mol. The molecule has 0 aliphatic rings. The molecule has 142 valence electrons. The highest BCUT2D eigenvalue weighted by Crippen LogP contribution is 2.19. The molecule has 2 aromatic rings. The molecule has 1 N–H and O–H groups in total. The molecule has 4 nitrogen and oxygen atoms in total. The van der Waals surface area contributed by atoms with Gasteiger partial charge in [-0.15, -0.1) is 0 Å². The summed E-state index contributed by atoms with van der Waals surface area (Å²) >= 11 is 0. The van der Waals surface area contributed by atoms with Crippen molar-refractivity contribution in [3.63, 3.8) is 0 Å². The molecule has 0 saturated carbocycles. The Morgan fingerprint density at radius 2 is 1.65 bits per heavy atom. The van der Waals surface area contributed by atoms with E-state index in [1.165, 1.54) is 5.56 Å². The van der Waals surface area contributed by atoms with Gasteiger partial charge in [-0.1, -0.05) is 32.0 Å². The Labute approximate surface area is 157 Å². The SMILES string of the molecule is CCOCCOc1cccc(NCc2ccc(OCCC(C)C)cc2)c1. The molecule has 0 radical (unpaired) electrons. The van der Waals surface area contributed by atoms with Crippen molar-refractivity contribution in [1.82, 2.24) is 0 Å². The first-order chi connectivity index (χ1) is 12.7. The summed E-state index contributed by atoms with van der Waals surface area (Å²) in [6, 6.07) is 16.3. The van der Waals surface area contributed by atoms with E-state index in [1.54, 1.807) is 0 Å². The van der Waals surface area contributed by atoms with Crippen molar-refractivity contribution in [2.45, 2.75) is 33.7 Å². The van der Waals surface area contributed by atoms with Gasteiger partial charge in [-0.05, 0) is 49.1 Å². The van der Waals surface area contributed by atoms with Gasteiger partial charge in [0.1, 0.15) is 18.1 Å². The lowest BCUT2D eigenvalue weighted by atomic mass is 10.1. The second-order valence-corrected chi connectivity index (χ2v) is 6.60. The van der Waals surface area contributed by atoms with E-state index in [-0.39, 0.29) is 0 Å². The molecule has 0 bridgehead atoms. The number of nitrogens with one attached hydrogen (secondary N) is 1. The van der Waals surface area contributed by atoms with Crippen LogP contribution >= 0.6 is 0 Å². The molecule has 26 heavy (non-hydrogen) atoms. The third-order valence-electron chi connectivity index (χ3n) is 3.92. The fourth-order valence-corrected chi connectivity index (χ4v) is 2.38. The zero-order valence-electron chi connectivity index (χ0n) is 16.2. The fraction of sp³-hybridized carbons (Fsp3) is 0.455. The Kier molecular flexibility index (Phi) is 8.84. The maximum absolute atomic E-state index is 5.76. The lowest BCUT2D eigenvalue weighted by Crippen LogP contribution is -2.06. The highest BCUT2D eigenvalue weighted by molar-refractivity contribution is 5.48. The van der Waals surface area contributed by atoms with Gasteiger partial charge in [-0.3, -0.25) is 0 Å². The number of benzene rings is 2. The van der Waals surface area contributed by atoms with Crippen molar-refractivity contribution in [3.05, 3.63) is 54.1 Å². The van der Waals surface area contributed by atoms with Gasteiger partial charge in [0.25, 0.3) is 0 Å². The van der Waals surface area contributed by atoms with Crippen LogP contribution in [0.3, 0.4) is 0 Å². The molecule has 4 heteroatoms. The van der Waals surface area contributed by atoms with Crippen LogP contribution in [0.4, 0.5) is 5.69 Å². The largest absolute Gasteiger partial charge is 0.494 e. The minimum atomic E-state index is 0.565. The van der Waals surface area contributed by atoms with Crippen LogP contribution in [0.2, 0.25) is 0 Å². The maximum Gasteiger partial charge on any atom is 0.121 e. The molecule has 2 aromatic carbocycles. The lowest BCUT2D eigenvalue weighted by Gasteiger charge is -2.11. The number of rotatable bonds is 12. The third-order valence-corrected chi connectivity index (χ3v) is 3.92. The molecule has 0 heterocycles. The zero-order chi connectivity index (χ0) is 18.6. The first-order valence-electron chi connectivity index (χ1n) is 9.43. The molecule has 0 saturated heterocycles. The second-order valence-electron chi connectivity index (χ2n) is 6.60. The monoisotopic (exact) mass is 357 g/mol. The zero-order valence-corrected chi connectivity index (χ0v) is 16.2. The van der Waals surface area contributed by atoms with E-state index >= 15 is 0 Å². The second kappa shape index (κ2) is 11.4. The van der Waals surface area contributed by atoms with Crippen LogP contribution < -0.4 is 14.8 Å². The van der Waals surface area contributed by atoms with Gasteiger partial charge in [-0.2, -0.15) is 0 Å². The van der Waals surface area contributed by atoms with E-state index in [1.807, 2.05) is 43.3 Å². The Balaban J connectivity index is 1.77. The Hall–Kier alpha value is -2.20. The van der Waals surface area contributed by atoms with Crippen LogP contribution in [-0.4, -0.2) is 26.4 Å². The first-order valence-corrected chi connectivity index (χ1v) is 9.43. The van der Waals surface area contributed by atoms with Crippen LogP contribution in [0.5, 0.6) is 11.5 Å². The summed E-state index contributed by atoms with van der Waals surface area (Å²) < 4.78 is 16.7. The van der Waals surface area contributed by atoms with Crippen molar-refractivity contribution < 1.29 is 14.2 Å². The van der Waals surface area contributed by atoms with Crippen molar-refractivity contribution in [1.29, 1.82) is 0 Å². The van der Waals surface area contributed by atoms with E-state index in [4.69, 9.17) is 14.2 Å². The van der Waals surface area contributed by atoms with Crippen LogP contribution in [0.1, 0.15) is 32.8 Å². The number of hydrogen-bond acceptors (Lipinski definition) is 4. The normalized spacial score (nSPS) is 10.8. The lowest BCUT2D eigenvalue weighted by molar-refractivity contribution is 0.110. The molecule has 0 aromatic heterocycles. The smallest absolute Gasteiger partial charge is 0.121 e. The third kappa shape index (κ3) is 7.79. The van der Waals surface area contributed by atoms with Gasteiger partial charge in [0.15, 0.2) is 0 Å². The molecule has 0 aliphatic carbocycles. The molecule has 0 unspecified atom stereocenters. The summed E-state index contributed by atoms with van der Waals surface area (Å²) in [5.74, 6) is 2.44. The maximum atomic E-state index is 5.76. The van der Waals surface area contributed by atoms with E-state index in [9.17, 15) is 0 Å². The highest BCUT2D eigenvalue weighted by atomic mass is 16.5. The van der Waals surface area contributed by atoms with E-state index in [2.05, 4.69) is 31.3 Å². The quantitative estimate of drug-likeness (QED) is 0.534. The molecular weight excluding hydrogens is 326 g/mol. The molecule has 2 rings (SSSR count). The van der Waals surface area contributed by atoms with Crippen LogP contribution in [0.15, 0.2) is 48.5 Å². The average Bonchev–Trinajstić information content (AvgIpc) is 2.65. The van der Waals surface area contributed by atoms with E-state index < -0.39 is 0 Å². The summed E-state index contributed by atoms with van der Waals surface area (Å²) in [7, 11) is 0. The summed E-state index contributed by atoms with van der Waals surface area (Å²) in [4.78, 5) is 0. The summed E-state index contributed by atoms with van der Waals surface area (Å²) in [5, 5.41) is 3.43. The van der Waals surface area contributed by atoms with E-state index in [0.717, 1.165) is 36.8 Å². The Morgan fingerprint density at radius 3 is 2.38 bits per heavy atom. The first kappa shape index (κ1) is 20.1. The minimum Gasteiger partial charge on any atom is -0.494 e. The summed E-state index contributed by atoms with van der Waals surface area (Å²) in [6.45, 7) is 9.81. The average molecular weight is 357 g/mol. The fourth-order valence-electron chi connectivity index (χ4n) is 2.38. The summed E-state index contributed by atoms with van der Waals surface area (Å²) in [5.41, 5.74) is 2.25. The minimum absolute atomic E-state index is 0.565. The van der Waals surface area contributed by atoms with Gasteiger partial charge in [-0.25, -0.2) is 0 Å². The molecule has 0 fully saturated rings. The van der Waals surface area contributed by atoms with Crippen molar-refractivity contribution >= 4 is 5.69 Å². The highest BCUT2D eigenvalue weighted by Gasteiger charge is 2.00. The number of anilines is 1. The van der Waals surface area contributed by atoms with Gasteiger partial charge >= 0.3 is 0 Å². The standard InChI is InChI=1S/C22H31NO3/c1-4-24-14-15-26-22-7-5-6-20(16-22)23-17-19-8-10-21(11-9-19)25-13-12-18(2)3/h5-11,16,18,23H,4,12-15,17H2,1-3H3. The van der Waals surface area contributed by atoms with Gasteiger partial charge in [0, 0.05) is 24.9 Å². The molecule has 0 aliphatic heterocycles. The predicted octanol–water partition coefficient (Wildman–Crippen LogP) is 5.14. The van der Waals surface area contributed by atoms with E-state index in [0.29, 0.717) is 25.7 Å². The molecule has 0 amide bonds. The Bertz CT molecular complexity index is 626. The van der Waals surface area contributed by atoms with Crippen molar-refractivity contribution in [3.8, 4) is 11.5 Å². The van der Waals surface area contributed by atoms with Crippen LogP contribution in [0, 0.1) is 5.92 Å². The molecule has 0 spiro atoms. The van der Waals surface area contributed by atoms with Crippen molar-refractivity contribution in [2.75, 3.05) is 31.7 Å². The van der Waals surface area contributed by atoms with Crippen LogP contribution in [0.25, 0.3) is 0 Å². The topological polar surface area (TPSA) is 39.7 Å². The van der Waals surface area contributed by atoms with Crippen LogP contribution in [-0.2, 0) is 11.3 Å². The number of hydrogen-bond donors (Lipinski definition) is 1.